The number of para-hydroxylation sites is 1. The molecule has 2 rings (SSSR count). The lowest BCUT2D eigenvalue weighted by molar-refractivity contribution is 0.233. The molecule has 100 valence electrons. The number of hydrogen-bond acceptors (Lipinski definition) is 2. The fourth-order valence-corrected chi connectivity index (χ4v) is 1.82. The second kappa shape index (κ2) is 6.23. The topological polar surface area (TPSA) is 21.3 Å². The molecule has 0 spiro atoms. The first-order valence-corrected chi connectivity index (χ1v) is 6.37. The number of halogens is 1. The highest BCUT2D eigenvalue weighted by Crippen LogP contribution is 2.19. The van der Waals surface area contributed by atoms with Gasteiger partial charge in [0.05, 0.1) is 6.54 Å². The van der Waals surface area contributed by atoms with Crippen LogP contribution in [0.1, 0.15) is 12.5 Å². The second-order valence-corrected chi connectivity index (χ2v) is 4.59. The maximum absolute atomic E-state index is 13.0. The maximum Gasteiger partial charge on any atom is 0.123 e. The minimum atomic E-state index is -0.236. The zero-order chi connectivity index (χ0) is 13.7. The average Bonchev–Trinajstić information content (AvgIpc) is 2.41. The summed E-state index contributed by atoms with van der Waals surface area (Å²) in [6.45, 7) is 4.52. The van der Waals surface area contributed by atoms with E-state index in [1.165, 1.54) is 12.1 Å². The van der Waals surface area contributed by atoms with Crippen molar-refractivity contribution in [3.8, 4) is 5.75 Å². The van der Waals surface area contributed by atoms with Gasteiger partial charge >= 0.3 is 0 Å². The summed E-state index contributed by atoms with van der Waals surface area (Å²) in [7, 11) is 0. The molecule has 1 atom stereocenters. The molecule has 0 fully saturated rings. The van der Waals surface area contributed by atoms with E-state index in [2.05, 4.69) is 5.32 Å². The van der Waals surface area contributed by atoms with E-state index in [-0.39, 0.29) is 11.9 Å². The molecule has 0 aliphatic heterocycles. The minimum Gasteiger partial charge on any atom is -0.489 e. The van der Waals surface area contributed by atoms with E-state index >= 15 is 0 Å². The van der Waals surface area contributed by atoms with Crippen molar-refractivity contribution in [2.45, 2.75) is 20.0 Å². The summed E-state index contributed by atoms with van der Waals surface area (Å²) in [6.07, 6.45) is 0.00404. The highest BCUT2D eigenvalue weighted by atomic mass is 19.1. The summed E-state index contributed by atoms with van der Waals surface area (Å²) >= 11 is 0. The molecule has 2 aromatic carbocycles. The standard InChI is InChI=1S/C16H18FNO/c1-12-10-14(17)8-9-16(12)19-13(2)11-18-15-6-4-3-5-7-15/h3-10,13,18H,11H2,1-2H3. The normalized spacial score (nSPS) is 11.9. The third-order valence-electron chi connectivity index (χ3n) is 2.83. The Morgan fingerprint density at radius 2 is 1.89 bits per heavy atom. The quantitative estimate of drug-likeness (QED) is 0.875. The van der Waals surface area contributed by atoms with Crippen LogP contribution in [0.25, 0.3) is 0 Å². The van der Waals surface area contributed by atoms with E-state index < -0.39 is 0 Å². The minimum absolute atomic E-state index is 0.00404. The third kappa shape index (κ3) is 3.98. The van der Waals surface area contributed by atoms with E-state index in [1.807, 2.05) is 44.2 Å². The van der Waals surface area contributed by atoms with Crippen LogP contribution < -0.4 is 10.1 Å². The van der Waals surface area contributed by atoms with Crippen LogP contribution in [0.5, 0.6) is 5.75 Å². The highest BCUT2D eigenvalue weighted by Gasteiger charge is 2.07. The van der Waals surface area contributed by atoms with Crippen molar-refractivity contribution in [3.05, 3.63) is 59.9 Å². The molecule has 0 amide bonds. The van der Waals surface area contributed by atoms with E-state index in [4.69, 9.17) is 4.74 Å². The van der Waals surface area contributed by atoms with Gasteiger partial charge in [-0.2, -0.15) is 0 Å². The molecule has 0 radical (unpaired) electrons. The average molecular weight is 259 g/mol. The maximum atomic E-state index is 13.0. The van der Waals surface area contributed by atoms with Crippen molar-refractivity contribution in [3.63, 3.8) is 0 Å². The fourth-order valence-electron chi connectivity index (χ4n) is 1.82. The van der Waals surface area contributed by atoms with Crippen molar-refractivity contribution < 1.29 is 9.13 Å². The van der Waals surface area contributed by atoms with Crippen molar-refractivity contribution >= 4 is 5.69 Å². The van der Waals surface area contributed by atoms with E-state index in [1.54, 1.807) is 6.07 Å². The molecule has 1 unspecified atom stereocenters. The van der Waals surface area contributed by atoms with Gasteiger partial charge in [0.25, 0.3) is 0 Å². The number of aryl methyl sites for hydroxylation is 1. The third-order valence-corrected chi connectivity index (χ3v) is 2.83. The van der Waals surface area contributed by atoms with Gasteiger partial charge in [0, 0.05) is 5.69 Å². The molecule has 0 saturated heterocycles. The van der Waals surface area contributed by atoms with E-state index in [0.29, 0.717) is 6.54 Å². The lowest BCUT2D eigenvalue weighted by Gasteiger charge is -2.17. The van der Waals surface area contributed by atoms with Crippen LogP contribution in [0.15, 0.2) is 48.5 Å². The summed E-state index contributed by atoms with van der Waals surface area (Å²) in [5, 5.41) is 3.30. The second-order valence-electron chi connectivity index (χ2n) is 4.59. The number of anilines is 1. The summed E-state index contributed by atoms with van der Waals surface area (Å²) < 4.78 is 18.8. The van der Waals surface area contributed by atoms with Crippen LogP contribution in [0.4, 0.5) is 10.1 Å². The molecule has 19 heavy (non-hydrogen) atoms. The first-order chi connectivity index (χ1) is 9.15. The Kier molecular flexibility index (Phi) is 4.39. The van der Waals surface area contributed by atoms with Gasteiger partial charge < -0.3 is 10.1 Å². The number of nitrogens with one attached hydrogen (secondary N) is 1. The smallest absolute Gasteiger partial charge is 0.123 e. The zero-order valence-electron chi connectivity index (χ0n) is 11.2. The molecule has 0 heterocycles. The first-order valence-electron chi connectivity index (χ1n) is 6.37. The Morgan fingerprint density at radius 1 is 1.16 bits per heavy atom. The van der Waals surface area contributed by atoms with Gasteiger partial charge in [-0.25, -0.2) is 4.39 Å². The van der Waals surface area contributed by atoms with Crippen molar-refractivity contribution in [2.24, 2.45) is 0 Å². The zero-order valence-corrected chi connectivity index (χ0v) is 11.2. The first kappa shape index (κ1) is 13.4. The molecular formula is C16H18FNO. The van der Waals surface area contributed by atoms with Gasteiger partial charge in [-0.05, 0) is 49.7 Å². The predicted octanol–water partition coefficient (Wildman–Crippen LogP) is 4.01. The van der Waals surface area contributed by atoms with Gasteiger partial charge in [-0.15, -0.1) is 0 Å². The lowest BCUT2D eigenvalue weighted by atomic mass is 10.2. The summed E-state index contributed by atoms with van der Waals surface area (Å²) in [5.74, 6) is 0.490. The molecular weight excluding hydrogens is 241 g/mol. The molecule has 0 aliphatic rings. The Labute approximate surface area is 113 Å². The lowest BCUT2D eigenvalue weighted by Crippen LogP contribution is -2.23. The van der Waals surface area contributed by atoms with Crippen LogP contribution in [-0.4, -0.2) is 12.6 Å². The van der Waals surface area contributed by atoms with Crippen LogP contribution >= 0.6 is 0 Å². The number of rotatable bonds is 5. The summed E-state index contributed by atoms with van der Waals surface area (Å²) in [5.41, 5.74) is 1.88. The van der Waals surface area contributed by atoms with Crippen molar-refractivity contribution in [1.82, 2.24) is 0 Å². The Balaban J connectivity index is 1.89. The van der Waals surface area contributed by atoms with E-state index in [9.17, 15) is 4.39 Å². The highest BCUT2D eigenvalue weighted by molar-refractivity contribution is 5.42. The van der Waals surface area contributed by atoms with Gasteiger partial charge in [0.15, 0.2) is 0 Å². The predicted molar refractivity (Wildman–Crippen MR) is 76.2 cm³/mol. The molecule has 0 saturated carbocycles. The Bertz CT molecular complexity index is 528. The molecule has 0 aromatic heterocycles. The SMILES string of the molecule is Cc1cc(F)ccc1OC(C)CNc1ccccc1. The number of hydrogen-bond donors (Lipinski definition) is 1. The molecule has 1 N–H and O–H groups in total. The van der Waals surface area contributed by atoms with Crippen LogP contribution in [0.2, 0.25) is 0 Å². The van der Waals surface area contributed by atoms with Crippen molar-refractivity contribution in [1.29, 1.82) is 0 Å². The molecule has 0 aliphatic carbocycles. The van der Waals surface area contributed by atoms with Gasteiger partial charge in [0.1, 0.15) is 17.7 Å². The number of ether oxygens (including phenoxy) is 1. The molecule has 2 aromatic rings. The van der Waals surface area contributed by atoms with Crippen molar-refractivity contribution in [2.75, 3.05) is 11.9 Å². The number of benzene rings is 2. The molecule has 0 bridgehead atoms. The molecule has 2 nitrogen and oxygen atoms in total. The van der Waals surface area contributed by atoms with Gasteiger partial charge in [-0.3, -0.25) is 0 Å². The molecule has 3 heteroatoms. The van der Waals surface area contributed by atoms with Crippen LogP contribution in [0, 0.1) is 12.7 Å². The van der Waals surface area contributed by atoms with Gasteiger partial charge in [0.2, 0.25) is 0 Å². The fraction of sp³-hybridized carbons (Fsp3) is 0.250. The van der Waals surface area contributed by atoms with E-state index in [0.717, 1.165) is 17.0 Å². The Morgan fingerprint density at radius 3 is 2.58 bits per heavy atom. The summed E-state index contributed by atoms with van der Waals surface area (Å²) in [6, 6.07) is 14.5. The summed E-state index contributed by atoms with van der Waals surface area (Å²) in [4.78, 5) is 0. The van der Waals surface area contributed by atoms with Crippen LogP contribution in [0.3, 0.4) is 0 Å². The monoisotopic (exact) mass is 259 g/mol. The largest absolute Gasteiger partial charge is 0.489 e. The Hall–Kier alpha value is -2.03. The van der Waals surface area contributed by atoms with Crippen LogP contribution in [-0.2, 0) is 0 Å². The van der Waals surface area contributed by atoms with Gasteiger partial charge in [-0.1, -0.05) is 18.2 Å².